The number of nitrogens with one attached hydrogen (secondary N) is 1. The van der Waals surface area contributed by atoms with Gasteiger partial charge in [-0.05, 0) is 62.7 Å². The van der Waals surface area contributed by atoms with Crippen LogP contribution in [0.2, 0.25) is 0 Å². The minimum Gasteiger partial charge on any atom is -0.311 e. The van der Waals surface area contributed by atoms with Crippen molar-refractivity contribution in [3.05, 3.63) is 0 Å². The first kappa shape index (κ1) is 13.4. The summed E-state index contributed by atoms with van der Waals surface area (Å²) in [5.74, 6) is 2.87. The predicted molar refractivity (Wildman–Crippen MR) is 75.1 cm³/mol. The third kappa shape index (κ3) is 3.71. The summed E-state index contributed by atoms with van der Waals surface area (Å²) < 4.78 is 0. The highest BCUT2D eigenvalue weighted by Gasteiger charge is 2.28. The van der Waals surface area contributed by atoms with Crippen molar-refractivity contribution in [1.82, 2.24) is 5.32 Å². The first-order valence-corrected chi connectivity index (χ1v) is 7.95. The van der Waals surface area contributed by atoms with E-state index in [0.29, 0.717) is 0 Å². The molecule has 0 aromatic rings. The van der Waals surface area contributed by atoms with Gasteiger partial charge in [-0.15, -0.1) is 0 Å². The molecule has 0 saturated heterocycles. The van der Waals surface area contributed by atoms with Crippen LogP contribution in [0, 0.1) is 17.8 Å². The van der Waals surface area contributed by atoms with Gasteiger partial charge in [0.05, 0.1) is 0 Å². The van der Waals surface area contributed by atoms with Gasteiger partial charge in [0.2, 0.25) is 0 Å². The van der Waals surface area contributed by atoms with Gasteiger partial charge in [-0.25, -0.2) is 0 Å². The quantitative estimate of drug-likeness (QED) is 0.768. The largest absolute Gasteiger partial charge is 0.311 e. The Hall–Kier alpha value is -0.0400. The van der Waals surface area contributed by atoms with Crippen LogP contribution in [-0.4, -0.2) is 12.1 Å². The minimum absolute atomic E-state index is 0.814. The topological polar surface area (TPSA) is 12.0 Å². The Morgan fingerprint density at radius 3 is 2.24 bits per heavy atom. The molecule has 0 aliphatic heterocycles. The minimum atomic E-state index is 0.814. The van der Waals surface area contributed by atoms with E-state index in [-0.39, 0.29) is 0 Å². The van der Waals surface area contributed by atoms with E-state index in [1.807, 2.05) is 0 Å². The van der Waals surface area contributed by atoms with Crippen molar-refractivity contribution in [2.24, 2.45) is 17.8 Å². The highest BCUT2D eigenvalue weighted by Crippen LogP contribution is 2.31. The molecule has 1 nitrogen and oxygen atoms in total. The van der Waals surface area contributed by atoms with Crippen LogP contribution >= 0.6 is 0 Å². The van der Waals surface area contributed by atoms with Crippen LogP contribution in [0.3, 0.4) is 0 Å². The van der Waals surface area contributed by atoms with Crippen molar-refractivity contribution in [2.75, 3.05) is 0 Å². The molecule has 100 valence electrons. The molecule has 0 radical (unpaired) electrons. The Balaban J connectivity index is 1.74. The summed E-state index contributed by atoms with van der Waals surface area (Å²) in [6.07, 6.45) is 11.5. The molecule has 0 bridgehead atoms. The Morgan fingerprint density at radius 2 is 1.65 bits per heavy atom. The Bertz CT molecular complexity index is 218. The van der Waals surface area contributed by atoms with E-state index in [1.165, 1.54) is 51.4 Å². The van der Waals surface area contributed by atoms with Crippen molar-refractivity contribution < 1.29 is 0 Å². The summed E-state index contributed by atoms with van der Waals surface area (Å²) >= 11 is 0. The fourth-order valence-corrected chi connectivity index (χ4v) is 3.95. The lowest BCUT2D eigenvalue weighted by molar-refractivity contribution is 0.187. The van der Waals surface area contributed by atoms with Crippen LogP contribution in [0.1, 0.15) is 72.1 Å². The average Bonchev–Trinajstić information content (AvgIpc) is 2.34. The predicted octanol–water partition coefficient (Wildman–Crippen LogP) is 4.37. The van der Waals surface area contributed by atoms with Crippen molar-refractivity contribution in [1.29, 1.82) is 0 Å². The fourth-order valence-electron chi connectivity index (χ4n) is 3.95. The fraction of sp³-hybridized carbons (Fsp3) is 1.00. The lowest BCUT2D eigenvalue weighted by atomic mass is 9.78. The highest BCUT2D eigenvalue weighted by molar-refractivity contribution is 4.86. The molecule has 0 amide bonds. The lowest BCUT2D eigenvalue weighted by Gasteiger charge is -2.38. The zero-order chi connectivity index (χ0) is 12.3. The zero-order valence-corrected chi connectivity index (χ0v) is 12.0. The second-order valence-corrected chi connectivity index (χ2v) is 6.79. The van der Waals surface area contributed by atoms with Crippen molar-refractivity contribution in [2.45, 2.75) is 84.2 Å². The molecular formula is C16H31N. The molecule has 1 N–H and O–H groups in total. The number of hydrogen-bond donors (Lipinski definition) is 1. The molecule has 0 heterocycles. The number of rotatable bonds is 3. The van der Waals surface area contributed by atoms with Crippen LogP contribution in [0.4, 0.5) is 0 Å². The van der Waals surface area contributed by atoms with Crippen LogP contribution in [0.25, 0.3) is 0 Å². The molecule has 2 saturated carbocycles. The Labute approximate surface area is 108 Å². The molecule has 2 fully saturated rings. The average molecular weight is 237 g/mol. The van der Waals surface area contributed by atoms with E-state index >= 15 is 0 Å². The smallest absolute Gasteiger partial charge is 0.00954 e. The van der Waals surface area contributed by atoms with Gasteiger partial charge < -0.3 is 5.32 Å². The molecule has 17 heavy (non-hydrogen) atoms. The molecular weight excluding hydrogens is 206 g/mol. The van der Waals surface area contributed by atoms with Crippen LogP contribution in [0.5, 0.6) is 0 Å². The van der Waals surface area contributed by atoms with Gasteiger partial charge in [0.15, 0.2) is 0 Å². The summed E-state index contributed by atoms with van der Waals surface area (Å²) in [6.45, 7) is 7.22. The molecule has 0 spiro atoms. The van der Waals surface area contributed by atoms with Gasteiger partial charge in [-0.3, -0.25) is 0 Å². The van der Waals surface area contributed by atoms with Gasteiger partial charge in [-0.1, -0.05) is 27.2 Å². The molecule has 1 heteroatoms. The third-order valence-corrected chi connectivity index (χ3v) is 5.31. The second-order valence-electron chi connectivity index (χ2n) is 6.79. The molecule has 2 aliphatic carbocycles. The maximum atomic E-state index is 3.97. The standard InChI is InChI=1S/C16H31N/c1-4-14-6-8-15(9-7-14)17-16-10-5-12(2)11-13(16)3/h12-17H,4-11H2,1-3H3. The first-order valence-electron chi connectivity index (χ1n) is 7.95. The third-order valence-electron chi connectivity index (χ3n) is 5.31. The first-order chi connectivity index (χ1) is 8.19. The van der Waals surface area contributed by atoms with E-state index < -0.39 is 0 Å². The summed E-state index contributed by atoms with van der Waals surface area (Å²) in [5, 5.41) is 3.97. The summed E-state index contributed by atoms with van der Waals surface area (Å²) in [4.78, 5) is 0. The summed E-state index contributed by atoms with van der Waals surface area (Å²) in [7, 11) is 0. The van der Waals surface area contributed by atoms with Gasteiger partial charge >= 0.3 is 0 Å². The van der Waals surface area contributed by atoms with Gasteiger partial charge in [0.25, 0.3) is 0 Å². The van der Waals surface area contributed by atoms with Crippen LogP contribution in [-0.2, 0) is 0 Å². The van der Waals surface area contributed by atoms with Crippen LogP contribution < -0.4 is 5.32 Å². The normalized spacial score (nSPS) is 43.6. The molecule has 3 unspecified atom stereocenters. The monoisotopic (exact) mass is 237 g/mol. The Kier molecular flexibility index (Phi) is 4.90. The SMILES string of the molecule is CCC1CCC(NC2CCC(C)CC2C)CC1. The maximum absolute atomic E-state index is 3.97. The van der Waals surface area contributed by atoms with E-state index in [0.717, 1.165) is 29.8 Å². The highest BCUT2D eigenvalue weighted by atomic mass is 15.0. The molecule has 0 aromatic carbocycles. The molecule has 2 aliphatic rings. The Morgan fingerprint density at radius 1 is 0.941 bits per heavy atom. The summed E-state index contributed by atoms with van der Waals surface area (Å²) in [5.41, 5.74) is 0. The van der Waals surface area contributed by atoms with E-state index in [2.05, 4.69) is 26.1 Å². The van der Waals surface area contributed by atoms with Gasteiger partial charge in [0, 0.05) is 12.1 Å². The van der Waals surface area contributed by atoms with Crippen molar-refractivity contribution in [3.8, 4) is 0 Å². The molecule has 2 rings (SSSR count). The maximum Gasteiger partial charge on any atom is 0.00954 e. The lowest BCUT2D eigenvalue weighted by Crippen LogP contribution is -2.45. The van der Waals surface area contributed by atoms with Crippen LogP contribution in [0.15, 0.2) is 0 Å². The van der Waals surface area contributed by atoms with Gasteiger partial charge in [0.1, 0.15) is 0 Å². The van der Waals surface area contributed by atoms with E-state index in [1.54, 1.807) is 0 Å². The zero-order valence-electron chi connectivity index (χ0n) is 12.0. The second kappa shape index (κ2) is 6.22. The van der Waals surface area contributed by atoms with Crippen molar-refractivity contribution >= 4 is 0 Å². The molecule has 3 atom stereocenters. The molecule has 0 aromatic heterocycles. The van der Waals surface area contributed by atoms with Gasteiger partial charge in [-0.2, -0.15) is 0 Å². The van der Waals surface area contributed by atoms with E-state index in [4.69, 9.17) is 0 Å². The summed E-state index contributed by atoms with van der Waals surface area (Å²) in [6, 6.07) is 1.65. The van der Waals surface area contributed by atoms with Crippen molar-refractivity contribution in [3.63, 3.8) is 0 Å². The number of hydrogen-bond acceptors (Lipinski definition) is 1. The van der Waals surface area contributed by atoms with E-state index in [9.17, 15) is 0 Å².